The summed E-state index contributed by atoms with van der Waals surface area (Å²) in [6.45, 7) is 0.842. The van der Waals surface area contributed by atoms with Crippen LogP contribution in [0.15, 0.2) is 29.7 Å². The summed E-state index contributed by atoms with van der Waals surface area (Å²) in [6, 6.07) is 3.91. The lowest BCUT2D eigenvalue weighted by Crippen LogP contribution is -2.47. The summed E-state index contributed by atoms with van der Waals surface area (Å²) in [7, 11) is 0. The molecule has 7 heteroatoms. The number of amides is 2. The molecule has 0 aliphatic heterocycles. The molecule has 1 heterocycles. The van der Waals surface area contributed by atoms with Crippen molar-refractivity contribution in [3.63, 3.8) is 0 Å². The standard InChI is InChI=1S/C14H21N5O2/c15-13(18-21)6-8-19(10-11-3-2-7-16-9-11)14(20)17-12-4-1-5-12/h2-3,7,9,12,21H,1,4-6,8,10H2,(H2,15,18)(H,17,20). The number of pyridine rings is 1. The fraction of sp³-hybridized carbons (Fsp3) is 0.500. The molecule has 1 aromatic rings. The van der Waals surface area contributed by atoms with Crippen LogP contribution in [0.1, 0.15) is 31.2 Å². The lowest BCUT2D eigenvalue weighted by molar-refractivity contribution is 0.185. The average molecular weight is 291 g/mol. The van der Waals surface area contributed by atoms with Gasteiger partial charge in [-0.1, -0.05) is 11.2 Å². The molecular weight excluding hydrogens is 270 g/mol. The molecule has 0 saturated heterocycles. The number of carbonyl (C=O) groups excluding carboxylic acids is 1. The zero-order valence-electron chi connectivity index (χ0n) is 11.9. The molecule has 0 radical (unpaired) electrons. The minimum atomic E-state index is -0.116. The second-order valence-corrected chi connectivity index (χ2v) is 5.20. The van der Waals surface area contributed by atoms with Crippen LogP contribution in [-0.4, -0.2) is 39.5 Å². The molecule has 1 saturated carbocycles. The van der Waals surface area contributed by atoms with Crippen molar-refractivity contribution in [1.82, 2.24) is 15.2 Å². The molecule has 0 bridgehead atoms. The molecule has 4 N–H and O–H groups in total. The predicted octanol–water partition coefficient (Wildman–Crippen LogP) is 1.28. The molecule has 21 heavy (non-hydrogen) atoms. The number of nitrogens with one attached hydrogen (secondary N) is 1. The van der Waals surface area contributed by atoms with E-state index in [1.807, 2.05) is 12.1 Å². The molecule has 1 aliphatic rings. The average Bonchev–Trinajstić information content (AvgIpc) is 2.47. The van der Waals surface area contributed by atoms with E-state index in [9.17, 15) is 4.79 Å². The number of aromatic nitrogens is 1. The fourth-order valence-corrected chi connectivity index (χ4v) is 2.08. The van der Waals surface area contributed by atoms with E-state index in [2.05, 4.69) is 15.5 Å². The van der Waals surface area contributed by atoms with Gasteiger partial charge in [-0.2, -0.15) is 0 Å². The van der Waals surface area contributed by atoms with Gasteiger partial charge in [0.15, 0.2) is 0 Å². The van der Waals surface area contributed by atoms with Crippen molar-refractivity contribution in [3.05, 3.63) is 30.1 Å². The summed E-state index contributed by atoms with van der Waals surface area (Å²) < 4.78 is 0. The van der Waals surface area contributed by atoms with Crippen LogP contribution in [0.3, 0.4) is 0 Å². The smallest absolute Gasteiger partial charge is 0.317 e. The molecule has 2 amide bonds. The Morgan fingerprint density at radius 2 is 2.38 bits per heavy atom. The molecule has 114 valence electrons. The highest BCUT2D eigenvalue weighted by Crippen LogP contribution is 2.18. The summed E-state index contributed by atoms with van der Waals surface area (Å²) in [5.41, 5.74) is 6.43. The topological polar surface area (TPSA) is 104 Å². The van der Waals surface area contributed by atoms with Crippen molar-refractivity contribution in [3.8, 4) is 0 Å². The molecule has 1 aliphatic carbocycles. The van der Waals surface area contributed by atoms with Gasteiger partial charge < -0.3 is 21.2 Å². The second-order valence-electron chi connectivity index (χ2n) is 5.20. The Balaban J connectivity index is 1.96. The van der Waals surface area contributed by atoms with Crippen molar-refractivity contribution >= 4 is 11.9 Å². The number of hydrogen-bond donors (Lipinski definition) is 3. The minimum Gasteiger partial charge on any atom is -0.409 e. The van der Waals surface area contributed by atoms with Gasteiger partial charge in [-0.05, 0) is 30.9 Å². The van der Waals surface area contributed by atoms with Gasteiger partial charge in [0, 0.05) is 37.9 Å². The minimum absolute atomic E-state index is 0.114. The maximum absolute atomic E-state index is 12.3. The van der Waals surface area contributed by atoms with Crippen molar-refractivity contribution < 1.29 is 10.0 Å². The lowest BCUT2D eigenvalue weighted by Gasteiger charge is -2.30. The number of rotatable bonds is 6. The number of nitrogens with two attached hydrogens (primary N) is 1. The third-order valence-electron chi connectivity index (χ3n) is 3.58. The highest BCUT2D eigenvalue weighted by molar-refractivity contribution is 5.81. The Morgan fingerprint density at radius 1 is 1.57 bits per heavy atom. The number of carbonyl (C=O) groups is 1. The predicted molar refractivity (Wildman–Crippen MR) is 78.8 cm³/mol. The van der Waals surface area contributed by atoms with E-state index in [0.717, 1.165) is 24.8 Å². The van der Waals surface area contributed by atoms with Crippen LogP contribution in [0.4, 0.5) is 4.79 Å². The quantitative estimate of drug-likeness (QED) is 0.318. The largest absolute Gasteiger partial charge is 0.409 e. The van der Waals surface area contributed by atoms with Crippen LogP contribution in [0.5, 0.6) is 0 Å². The Kier molecular flexibility index (Phi) is 5.36. The summed E-state index contributed by atoms with van der Waals surface area (Å²) in [5.74, 6) is 0.114. The van der Waals surface area contributed by atoms with Crippen molar-refractivity contribution in [2.75, 3.05) is 6.54 Å². The number of nitrogens with zero attached hydrogens (tertiary/aromatic N) is 3. The van der Waals surface area contributed by atoms with Gasteiger partial charge in [-0.15, -0.1) is 0 Å². The summed E-state index contributed by atoms with van der Waals surface area (Å²) in [6.07, 6.45) is 6.98. The first-order valence-electron chi connectivity index (χ1n) is 7.10. The molecule has 2 rings (SSSR count). The molecule has 1 fully saturated rings. The molecule has 7 nitrogen and oxygen atoms in total. The number of hydrogen-bond acceptors (Lipinski definition) is 4. The monoisotopic (exact) mass is 291 g/mol. The molecular formula is C14H21N5O2. The molecule has 1 aromatic heterocycles. The third-order valence-corrected chi connectivity index (χ3v) is 3.58. The molecule has 0 aromatic carbocycles. The van der Waals surface area contributed by atoms with Gasteiger partial charge in [-0.25, -0.2) is 4.79 Å². The maximum Gasteiger partial charge on any atom is 0.317 e. The van der Waals surface area contributed by atoms with Crippen molar-refractivity contribution in [1.29, 1.82) is 0 Å². The number of urea groups is 1. The van der Waals surface area contributed by atoms with Crippen LogP contribution in [-0.2, 0) is 6.54 Å². The van der Waals surface area contributed by atoms with Crippen LogP contribution in [0.2, 0.25) is 0 Å². The van der Waals surface area contributed by atoms with E-state index in [4.69, 9.17) is 10.9 Å². The van der Waals surface area contributed by atoms with Crippen LogP contribution >= 0.6 is 0 Å². The van der Waals surface area contributed by atoms with Crippen LogP contribution in [0, 0.1) is 0 Å². The van der Waals surface area contributed by atoms with E-state index in [-0.39, 0.29) is 17.9 Å². The van der Waals surface area contributed by atoms with Gasteiger partial charge in [0.2, 0.25) is 0 Å². The van der Waals surface area contributed by atoms with Gasteiger partial charge in [0.05, 0.1) is 0 Å². The number of amidine groups is 1. The maximum atomic E-state index is 12.3. The van der Waals surface area contributed by atoms with Crippen molar-refractivity contribution in [2.24, 2.45) is 10.9 Å². The van der Waals surface area contributed by atoms with E-state index >= 15 is 0 Å². The number of oxime groups is 1. The zero-order chi connectivity index (χ0) is 15.1. The third kappa shape index (κ3) is 4.62. The Hall–Kier alpha value is -2.31. The summed E-state index contributed by atoms with van der Waals surface area (Å²) >= 11 is 0. The SMILES string of the molecule is N/C(CCN(Cc1cccnc1)C(=O)NC1CCC1)=N/O. The highest BCUT2D eigenvalue weighted by Gasteiger charge is 2.22. The van der Waals surface area contributed by atoms with Gasteiger partial charge >= 0.3 is 6.03 Å². The Labute approximate surface area is 123 Å². The Bertz CT molecular complexity index is 487. The van der Waals surface area contributed by atoms with E-state index in [1.165, 1.54) is 0 Å². The van der Waals surface area contributed by atoms with Crippen LogP contribution < -0.4 is 11.1 Å². The normalized spacial score (nSPS) is 15.3. The summed E-state index contributed by atoms with van der Waals surface area (Å²) in [4.78, 5) is 18.0. The van der Waals surface area contributed by atoms with Crippen LogP contribution in [0.25, 0.3) is 0 Å². The molecule has 0 spiro atoms. The molecule has 0 atom stereocenters. The lowest BCUT2D eigenvalue weighted by atomic mass is 9.93. The van der Waals surface area contributed by atoms with Gasteiger partial charge in [0.25, 0.3) is 0 Å². The second kappa shape index (κ2) is 7.47. The van der Waals surface area contributed by atoms with E-state index in [0.29, 0.717) is 19.5 Å². The van der Waals surface area contributed by atoms with Crippen molar-refractivity contribution in [2.45, 2.75) is 38.3 Å². The Morgan fingerprint density at radius 3 is 2.95 bits per heavy atom. The van der Waals surface area contributed by atoms with Gasteiger partial charge in [0.1, 0.15) is 5.84 Å². The zero-order valence-corrected chi connectivity index (χ0v) is 11.9. The van der Waals surface area contributed by atoms with E-state index < -0.39 is 0 Å². The summed E-state index contributed by atoms with van der Waals surface area (Å²) in [5, 5.41) is 14.5. The first kappa shape index (κ1) is 15.1. The first-order valence-corrected chi connectivity index (χ1v) is 7.10. The van der Waals surface area contributed by atoms with Gasteiger partial charge in [-0.3, -0.25) is 4.98 Å². The molecule has 0 unspecified atom stereocenters. The van der Waals surface area contributed by atoms with E-state index in [1.54, 1.807) is 17.3 Å². The first-order chi connectivity index (χ1) is 10.2. The fourth-order valence-electron chi connectivity index (χ4n) is 2.08. The highest BCUT2D eigenvalue weighted by atomic mass is 16.4.